The highest BCUT2D eigenvalue weighted by Crippen LogP contribution is 2.06. The van der Waals surface area contributed by atoms with Crippen molar-refractivity contribution in [3.63, 3.8) is 0 Å². The van der Waals surface area contributed by atoms with Crippen molar-refractivity contribution in [2.75, 3.05) is 19.6 Å². The monoisotopic (exact) mass is 313 g/mol. The summed E-state index contributed by atoms with van der Waals surface area (Å²) < 4.78 is 10.1. The average molecular weight is 313 g/mol. The first-order valence-electron chi connectivity index (χ1n) is 7.14. The maximum absolute atomic E-state index is 11.3. The van der Waals surface area contributed by atoms with Crippen LogP contribution in [0.3, 0.4) is 0 Å². The molecular formula is C15H27N3O4. The molecule has 126 valence electrons. The predicted molar refractivity (Wildman–Crippen MR) is 84.3 cm³/mol. The molecule has 0 rings (SSSR count). The third kappa shape index (κ3) is 14.5. The molecule has 2 amide bonds. The molecule has 0 atom stereocenters. The second kappa shape index (κ2) is 9.15. The van der Waals surface area contributed by atoms with E-state index in [4.69, 9.17) is 9.47 Å². The summed E-state index contributed by atoms with van der Waals surface area (Å²) in [6.45, 7) is 12.1. The number of carbonyl (C=O) groups is 2. The second-order valence-corrected chi connectivity index (χ2v) is 6.53. The van der Waals surface area contributed by atoms with E-state index in [9.17, 15) is 9.59 Å². The van der Waals surface area contributed by atoms with Gasteiger partial charge in [0.15, 0.2) is 0 Å². The van der Waals surface area contributed by atoms with Crippen LogP contribution in [0.1, 0.15) is 41.5 Å². The van der Waals surface area contributed by atoms with Crippen LogP contribution >= 0.6 is 0 Å². The molecule has 0 saturated carbocycles. The number of amides is 2. The van der Waals surface area contributed by atoms with Crippen molar-refractivity contribution < 1.29 is 19.1 Å². The third-order valence-corrected chi connectivity index (χ3v) is 1.84. The highest BCUT2D eigenvalue weighted by Gasteiger charge is 2.15. The summed E-state index contributed by atoms with van der Waals surface area (Å²) in [5.41, 5.74) is -1.05. The molecule has 0 spiro atoms. The van der Waals surface area contributed by atoms with E-state index in [2.05, 4.69) is 27.9 Å². The van der Waals surface area contributed by atoms with Gasteiger partial charge in [-0.2, -0.15) is 0 Å². The molecule has 22 heavy (non-hydrogen) atoms. The van der Waals surface area contributed by atoms with Gasteiger partial charge in [-0.3, -0.25) is 0 Å². The summed E-state index contributed by atoms with van der Waals surface area (Å²) in [6, 6.07) is 2.49. The predicted octanol–water partition coefficient (Wildman–Crippen LogP) is 1.59. The van der Waals surface area contributed by atoms with Crippen LogP contribution in [0, 0.1) is 12.0 Å². The Balaban J connectivity index is 3.65. The van der Waals surface area contributed by atoms with Gasteiger partial charge in [-0.25, -0.2) is 14.9 Å². The Bertz CT molecular complexity index is 425. The highest BCUT2D eigenvalue weighted by molar-refractivity contribution is 5.69. The summed E-state index contributed by atoms with van der Waals surface area (Å²) in [7, 11) is 0. The molecule has 3 N–H and O–H groups in total. The van der Waals surface area contributed by atoms with Crippen LogP contribution in [0.25, 0.3) is 0 Å². The minimum atomic E-state index is -0.577. The zero-order valence-electron chi connectivity index (χ0n) is 14.3. The lowest BCUT2D eigenvalue weighted by Gasteiger charge is -2.19. The zero-order chi connectivity index (χ0) is 17.2. The molecule has 0 aromatic carbocycles. The van der Waals surface area contributed by atoms with Gasteiger partial charge in [0, 0.05) is 19.1 Å². The largest absolute Gasteiger partial charge is 0.444 e. The smallest absolute Gasteiger partial charge is 0.419 e. The summed E-state index contributed by atoms with van der Waals surface area (Å²) in [5.74, 6) is 2.71. The van der Waals surface area contributed by atoms with Crippen LogP contribution in [0.15, 0.2) is 0 Å². The van der Waals surface area contributed by atoms with E-state index in [1.54, 1.807) is 41.5 Å². The van der Waals surface area contributed by atoms with Crippen molar-refractivity contribution in [3.05, 3.63) is 0 Å². The average Bonchev–Trinajstić information content (AvgIpc) is 2.27. The molecule has 0 aliphatic rings. The van der Waals surface area contributed by atoms with Gasteiger partial charge in [-0.15, -0.1) is 0 Å². The molecule has 7 heteroatoms. The number of rotatable bonds is 4. The maximum Gasteiger partial charge on any atom is 0.419 e. The number of nitrogens with one attached hydrogen (secondary N) is 3. The van der Waals surface area contributed by atoms with Crippen LogP contribution in [0.4, 0.5) is 9.59 Å². The number of hydrogen-bond acceptors (Lipinski definition) is 5. The van der Waals surface area contributed by atoms with Gasteiger partial charge in [0.25, 0.3) is 0 Å². The van der Waals surface area contributed by atoms with Gasteiger partial charge in [0.2, 0.25) is 0 Å². The van der Waals surface area contributed by atoms with E-state index in [0.29, 0.717) is 19.6 Å². The van der Waals surface area contributed by atoms with Crippen LogP contribution in [-0.4, -0.2) is 43.0 Å². The Morgan fingerprint density at radius 2 is 1.45 bits per heavy atom. The first kappa shape index (κ1) is 20.1. The first-order chi connectivity index (χ1) is 9.99. The van der Waals surface area contributed by atoms with Crippen molar-refractivity contribution in [1.29, 1.82) is 0 Å². The molecule has 7 nitrogen and oxygen atoms in total. The van der Waals surface area contributed by atoms with Crippen LogP contribution < -0.4 is 16.0 Å². The molecule has 0 saturated heterocycles. The molecule has 0 aromatic heterocycles. The SMILES string of the molecule is CC(C)(C)OC(=O)NC#CCNCCNC(=O)OC(C)(C)C. The Morgan fingerprint density at radius 3 is 2.00 bits per heavy atom. The topological polar surface area (TPSA) is 88.7 Å². The molecule has 0 heterocycles. The minimum Gasteiger partial charge on any atom is -0.444 e. The Kier molecular flexibility index (Phi) is 8.35. The van der Waals surface area contributed by atoms with E-state index in [1.165, 1.54) is 0 Å². The summed E-state index contributed by atoms with van der Waals surface area (Å²) >= 11 is 0. The van der Waals surface area contributed by atoms with E-state index in [-0.39, 0.29) is 0 Å². The van der Waals surface area contributed by atoms with E-state index in [0.717, 1.165) is 0 Å². The van der Waals surface area contributed by atoms with Crippen molar-refractivity contribution >= 4 is 12.2 Å². The normalized spacial score (nSPS) is 11.0. The maximum atomic E-state index is 11.3. The van der Waals surface area contributed by atoms with Gasteiger partial charge in [0.05, 0.1) is 6.54 Å². The molecular weight excluding hydrogens is 286 g/mol. The lowest BCUT2D eigenvalue weighted by molar-refractivity contribution is 0.0524. The van der Waals surface area contributed by atoms with Gasteiger partial charge >= 0.3 is 12.2 Å². The Labute approximate surface area is 132 Å². The summed E-state index contributed by atoms with van der Waals surface area (Å²) in [6.07, 6.45) is -1.03. The number of alkyl carbamates (subject to hydrolysis) is 2. The van der Waals surface area contributed by atoms with Gasteiger partial charge < -0.3 is 20.1 Å². The lowest BCUT2D eigenvalue weighted by atomic mass is 10.2. The molecule has 0 bridgehead atoms. The molecule has 0 aliphatic heterocycles. The minimum absolute atomic E-state index is 0.381. The molecule has 0 fully saturated rings. The fourth-order valence-corrected chi connectivity index (χ4v) is 1.16. The first-order valence-corrected chi connectivity index (χ1v) is 7.14. The van der Waals surface area contributed by atoms with E-state index < -0.39 is 23.4 Å². The number of hydrogen-bond donors (Lipinski definition) is 3. The Morgan fingerprint density at radius 1 is 0.909 bits per heavy atom. The van der Waals surface area contributed by atoms with Crippen molar-refractivity contribution in [2.24, 2.45) is 0 Å². The van der Waals surface area contributed by atoms with Crippen LogP contribution in [0.2, 0.25) is 0 Å². The van der Waals surface area contributed by atoms with Crippen LogP contribution in [-0.2, 0) is 9.47 Å². The van der Waals surface area contributed by atoms with Gasteiger partial charge in [-0.05, 0) is 41.5 Å². The van der Waals surface area contributed by atoms with Crippen molar-refractivity contribution in [2.45, 2.75) is 52.7 Å². The van der Waals surface area contributed by atoms with Gasteiger partial charge in [-0.1, -0.05) is 5.92 Å². The number of ether oxygens (including phenoxy) is 2. The third-order valence-electron chi connectivity index (χ3n) is 1.84. The van der Waals surface area contributed by atoms with E-state index in [1.807, 2.05) is 0 Å². The quantitative estimate of drug-likeness (QED) is 0.417. The second-order valence-electron chi connectivity index (χ2n) is 6.53. The fraction of sp³-hybridized carbons (Fsp3) is 0.733. The lowest BCUT2D eigenvalue weighted by Crippen LogP contribution is -2.36. The zero-order valence-corrected chi connectivity index (χ0v) is 14.3. The number of carbonyl (C=O) groups excluding carboxylic acids is 2. The molecule has 0 aromatic rings. The van der Waals surface area contributed by atoms with Crippen molar-refractivity contribution in [3.8, 4) is 12.0 Å². The molecule has 0 radical (unpaired) electrons. The standard InChI is InChI=1S/C15H27N3O4/c1-14(2,3)21-12(19)17-9-7-8-16-10-11-18-13(20)22-15(4,5)6/h16H,8,10-11H2,1-6H3,(H,17,19)(H,18,20). The van der Waals surface area contributed by atoms with Crippen molar-refractivity contribution in [1.82, 2.24) is 16.0 Å². The van der Waals surface area contributed by atoms with E-state index >= 15 is 0 Å². The highest BCUT2D eigenvalue weighted by atomic mass is 16.6. The van der Waals surface area contributed by atoms with Gasteiger partial charge in [0.1, 0.15) is 11.2 Å². The summed E-state index contributed by atoms with van der Waals surface area (Å²) in [4.78, 5) is 22.6. The summed E-state index contributed by atoms with van der Waals surface area (Å²) in [5, 5.41) is 7.92. The Hall–Kier alpha value is -1.94. The molecule has 0 unspecified atom stereocenters. The van der Waals surface area contributed by atoms with Crippen LogP contribution in [0.5, 0.6) is 0 Å². The fourth-order valence-electron chi connectivity index (χ4n) is 1.16. The molecule has 0 aliphatic carbocycles.